The molecule has 92 valence electrons. The van der Waals surface area contributed by atoms with Gasteiger partial charge in [-0.15, -0.1) is 0 Å². The quantitative estimate of drug-likeness (QED) is 0.425. The maximum Gasteiger partial charge on any atom is 0.196 e. The highest BCUT2D eigenvalue weighted by molar-refractivity contribution is 5.72. The van der Waals surface area contributed by atoms with Crippen LogP contribution in [0.5, 0.6) is 0 Å². The molecule has 0 bridgehead atoms. The van der Waals surface area contributed by atoms with E-state index in [4.69, 9.17) is 0 Å². The van der Waals surface area contributed by atoms with Gasteiger partial charge in [-0.2, -0.15) is 0 Å². The normalized spacial score (nSPS) is 10.3. The SMILES string of the molecule is C[n+]1ccc2c(c1)ncn2Cc1ccccc1.[I-]. The molecule has 2 aromatic heterocycles. The summed E-state index contributed by atoms with van der Waals surface area (Å²) in [6, 6.07) is 12.5. The molecule has 1 aromatic carbocycles. The lowest BCUT2D eigenvalue weighted by molar-refractivity contribution is -0.670. The predicted octanol–water partition coefficient (Wildman–Crippen LogP) is -1.09. The van der Waals surface area contributed by atoms with E-state index < -0.39 is 0 Å². The number of pyridine rings is 1. The van der Waals surface area contributed by atoms with Crippen molar-refractivity contribution >= 4 is 11.0 Å². The highest BCUT2D eigenvalue weighted by Gasteiger charge is 2.06. The Hall–Kier alpha value is -1.43. The van der Waals surface area contributed by atoms with Crippen LogP contribution in [0.1, 0.15) is 5.56 Å². The van der Waals surface area contributed by atoms with Crippen LogP contribution in [0.15, 0.2) is 55.1 Å². The van der Waals surface area contributed by atoms with Crippen molar-refractivity contribution in [3.8, 4) is 0 Å². The van der Waals surface area contributed by atoms with Crippen LogP contribution in [-0.2, 0) is 13.6 Å². The zero-order valence-corrected chi connectivity index (χ0v) is 12.3. The summed E-state index contributed by atoms with van der Waals surface area (Å²) in [6.45, 7) is 0.866. The third-order valence-electron chi connectivity index (χ3n) is 2.90. The average Bonchev–Trinajstić information content (AvgIpc) is 2.73. The Bertz CT molecular complexity index is 646. The van der Waals surface area contributed by atoms with Crippen molar-refractivity contribution in [3.63, 3.8) is 0 Å². The van der Waals surface area contributed by atoms with Crippen LogP contribution < -0.4 is 28.5 Å². The van der Waals surface area contributed by atoms with Gasteiger partial charge in [0.2, 0.25) is 0 Å². The molecule has 3 aromatic rings. The molecule has 0 saturated heterocycles. The summed E-state index contributed by atoms with van der Waals surface area (Å²) in [5.74, 6) is 0. The van der Waals surface area contributed by atoms with Gasteiger partial charge < -0.3 is 28.5 Å². The highest BCUT2D eigenvalue weighted by Crippen LogP contribution is 2.12. The molecule has 0 unspecified atom stereocenters. The maximum absolute atomic E-state index is 4.42. The first-order valence-electron chi connectivity index (χ1n) is 5.67. The number of benzene rings is 1. The minimum absolute atomic E-state index is 0. The Morgan fingerprint density at radius 1 is 1.17 bits per heavy atom. The van der Waals surface area contributed by atoms with E-state index in [1.807, 2.05) is 36.4 Å². The van der Waals surface area contributed by atoms with Gasteiger partial charge in [0, 0.05) is 12.6 Å². The van der Waals surface area contributed by atoms with Crippen molar-refractivity contribution in [3.05, 3.63) is 60.7 Å². The van der Waals surface area contributed by atoms with Crippen LogP contribution in [-0.4, -0.2) is 9.55 Å². The van der Waals surface area contributed by atoms with E-state index in [-0.39, 0.29) is 24.0 Å². The van der Waals surface area contributed by atoms with Gasteiger partial charge in [0.05, 0.1) is 11.8 Å². The van der Waals surface area contributed by atoms with Gasteiger partial charge in [0.25, 0.3) is 0 Å². The Labute approximate surface area is 123 Å². The van der Waals surface area contributed by atoms with E-state index in [1.54, 1.807) is 0 Å². The molecule has 0 aliphatic heterocycles. The molecular weight excluding hydrogens is 337 g/mol. The summed E-state index contributed by atoms with van der Waals surface area (Å²) in [7, 11) is 2.01. The highest BCUT2D eigenvalue weighted by atomic mass is 127. The van der Waals surface area contributed by atoms with E-state index in [2.05, 4.69) is 39.9 Å². The second-order valence-corrected chi connectivity index (χ2v) is 4.24. The minimum atomic E-state index is 0. The Kier molecular flexibility index (Phi) is 3.96. The first kappa shape index (κ1) is 13.0. The van der Waals surface area contributed by atoms with Crippen LogP contribution in [0.2, 0.25) is 0 Å². The molecular formula is C14H14IN3. The van der Waals surface area contributed by atoms with Gasteiger partial charge >= 0.3 is 0 Å². The number of fused-ring (bicyclic) bond motifs is 1. The second-order valence-electron chi connectivity index (χ2n) is 4.24. The molecule has 0 aliphatic carbocycles. The Morgan fingerprint density at radius 3 is 2.72 bits per heavy atom. The van der Waals surface area contributed by atoms with Crippen molar-refractivity contribution in [2.24, 2.45) is 7.05 Å². The number of aryl methyl sites for hydroxylation is 1. The molecule has 0 atom stereocenters. The van der Waals surface area contributed by atoms with E-state index in [1.165, 1.54) is 11.1 Å². The van der Waals surface area contributed by atoms with Crippen molar-refractivity contribution < 1.29 is 28.5 Å². The number of halogens is 1. The lowest BCUT2D eigenvalue weighted by atomic mass is 10.2. The molecule has 0 N–H and O–H groups in total. The molecule has 0 radical (unpaired) electrons. The Morgan fingerprint density at radius 2 is 1.94 bits per heavy atom. The number of nitrogens with zero attached hydrogens (tertiary/aromatic N) is 3. The average molecular weight is 351 g/mol. The molecule has 3 rings (SSSR count). The third-order valence-corrected chi connectivity index (χ3v) is 2.90. The van der Waals surface area contributed by atoms with Crippen LogP contribution in [0.4, 0.5) is 0 Å². The number of hydrogen-bond donors (Lipinski definition) is 0. The van der Waals surface area contributed by atoms with Crippen molar-refractivity contribution in [1.82, 2.24) is 9.55 Å². The van der Waals surface area contributed by atoms with Crippen molar-refractivity contribution in [2.45, 2.75) is 6.54 Å². The van der Waals surface area contributed by atoms with Gasteiger partial charge in [-0.3, -0.25) is 0 Å². The monoisotopic (exact) mass is 351 g/mol. The molecule has 0 spiro atoms. The summed E-state index contributed by atoms with van der Waals surface area (Å²) in [5, 5.41) is 0. The van der Waals surface area contributed by atoms with Gasteiger partial charge in [0.15, 0.2) is 17.9 Å². The van der Waals surface area contributed by atoms with Crippen LogP contribution in [0.3, 0.4) is 0 Å². The Balaban J connectivity index is 0.00000120. The topological polar surface area (TPSA) is 21.7 Å². The number of aromatic nitrogens is 3. The fraction of sp³-hybridized carbons (Fsp3) is 0.143. The van der Waals surface area contributed by atoms with Gasteiger partial charge in [-0.05, 0) is 5.56 Å². The fourth-order valence-electron chi connectivity index (χ4n) is 2.02. The summed E-state index contributed by atoms with van der Waals surface area (Å²) >= 11 is 0. The third kappa shape index (κ3) is 2.53. The summed E-state index contributed by atoms with van der Waals surface area (Å²) in [6.07, 6.45) is 5.99. The molecule has 0 saturated carbocycles. The maximum atomic E-state index is 4.42. The molecule has 0 amide bonds. The fourth-order valence-corrected chi connectivity index (χ4v) is 2.02. The molecule has 0 aliphatic rings. The summed E-state index contributed by atoms with van der Waals surface area (Å²) in [4.78, 5) is 4.42. The van der Waals surface area contributed by atoms with Gasteiger partial charge in [-0.25, -0.2) is 9.55 Å². The second kappa shape index (κ2) is 5.48. The molecule has 4 heteroatoms. The lowest BCUT2D eigenvalue weighted by Gasteiger charge is -2.03. The van der Waals surface area contributed by atoms with Crippen molar-refractivity contribution in [1.29, 1.82) is 0 Å². The standard InChI is InChI=1S/C14H14N3.HI/c1-16-8-7-14-13(10-16)15-11-17(14)9-12-5-3-2-4-6-12;/h2-8,10-11H,9H2,1H3;1H/q+1;/p-1. The van der Waals surface area contributed by atoms with E-state index in [0.29, 0.717) is 0 Å². The predicted molar refractivity (Wildman–Crippen MR) is 66.5 cm³/mol. The van der Waals surface area contributed by atoms with E-state index >= 15 is 0 Å². The first-order chi connectivity index (χ1) is 8.33. The molecule has 2 heterocycles. The number of rotatable bonds is 2. The van der Waals surface area contributed by atoms with E-state index in [0.717, 1.165) is 12.1 Å². The minimum Gasteiger partial charge on any atom is -1.00 e. The van der Waals surface area contributed by atoms with Crippen LogP contribution in [0.25, 0.3) is 11.0 Å². The molecule has 3 nitrogen and oxygen atoms in total. The van der Waals surface area contributed by atoms with Crippen molar-refractivity contribution in [2.75, 3.05) is 0 Å². The van der Waals surface area contributed by atoms with E-state index in [9.17, 15) is 0 Å². The largest absolute Gasteiger partial charge is 1.00 e. The number of imidazole rings is 1. The first-order valence-corrected chi connectivity index (χ1v) is 5.67. The van der Waals surface area contributed by atoms with Crippen LogP contribution >= 0.6 is 0 Å². The molecule has 18 heavy (non-hydrogen) atoms. The smallest absolute Gasteiger partial charge is 0.196 e. The summed E-state index contributed by atoms with van der Waals surface area (Å²) < 4.78 is 4.19. The lowest BCUT2D eigenvalue weighted by Crippen LogP contribution is -3.00. The zero-order chi connectivity index (χ0) is 11.7. The van der Waals surface area contributed by atoms with Gasteiger partial charge in [0.1, 0.15) is 7.05 Å². The summed E-state index contributed by atoms with van der Waals surface area (Å²) in [5.41, 5.74) is 3.50. The number of hydrogen-bond acceptors (Lipinski definition) is 1. The molecule has 0 fully saturated rings. The van der Waals surface area contributed by atoms with Crippen LogP contribution in [0, 0.1) is 0 Å². The van der Waals surface area contributed by atoms with Gasteiger partial charge in [-0.1, -0.05) is 30.3 Å². The zero-order valence-electron chi connectivity index (χ0n) is 10.1.